The van der Waals surface area contributed by atoms with Gasteiger partial charge in [-0.1, -0.05) is 36.4 Å². The van der Waals surface area contributed by atoms with Gasteiger partial charge >= 0.3 is 0 Å². The van der Waals surface area contributed by atoms with Crippen LogP contribution in [-0.2, 0) is 0 Å². The van der Waals surface area contributed by atoms with Crippen LogP contribution in [0.25, 0.3) is 77.5 Å². The molecule has 0 bridgehead atoms. The van der Waals surface area contributed by atoms with Gasteiger partial charge in [-0.3, -0.25) is 0 Å². The molecule has 0 atom stereocenters. The molecule has 54 heavy (non-hydrogen) atoms. The van der Waals surface area contributed by atoms with Gasteiger partial charge in [0.2, 0.25) is 0 Å². The van der Waals surface area contributed by atoms with Crippen LogP contribution < -0.4 is 0 Å². The number of hydrogen-bond acceptors (Lipinski definition) is 6. The second-order valence-electron chi connectivity index (χ2n) is 12.8. The van der Waals surface area contributed by atoms with Gasteiger partial charge in [-0.2, -0.15) is 26.3 Å². The zero-order valence-electron chi connectivity index (χ0n) is 28.3. The quantitative estimate of drug-likeness (QED) is 0.180. The maximum absolute atomic E-state index is 10.8. The van der Waals surface area contributed by atoms with Crippen LogP contribution in [-0.4, -0.2) is 14.1 Å². The lowest BCUT2D eigenvalue weighted by molar-refractivity contribution is 1.09. The van der Waals surface area contributed by atoms with Gasteiger partial charge in [0.15, 0.2) is 0 Å². The number of hydrogen-bond donors (Lipinski definition) is 0. The Balaban J connectivity index is 1.45. The summed E-state index contributed by atoms with van der Waals surface area (Å²) in [5, 5.41) is 53.4. The minimum Gasteiger partial charge on any atom is -0.307 e. The van der Waals surface area contributed by atoms with Crippen LogP contribution in [0.15, 0.2) is 133 Å². The van der Waals surface area contributed by atoms with Gasteiger partial charge in [0.25, 0.3) is 0 Å². The fourth-order valence-electron chi connectivity index (χ4n) is 7.44. The van der Waals surface area contributed by atoms with Crippen molar-refractivity contribution >= 4 is 43.6 Å². The first-order valence-electron chi connectivity index (χ1n) is 16.9. The molecule has 0 spiro atoms. The Morgan fingerprint density at radius 1 is 0.389 bits per heavy atom. The molecule has 0 aliphatic rings. The third kappa shape index (κ3) is 4.84. The highest BCUT2D eigenvalue weighted by Crippen LogP contribution is 2.41. The first kappa shape index (κ1) is 31.5. The predicted octanol–water partition coefficient (Wildman–Crippen LogP) is 9.97. The number of nitrogens with zero attached hydrogens (tertiary/aromatic N) is 8. The highest BCUT2D eigenvalue weighted by atomic mass is 15.1. The lowest BCUT2D eigenvalue weighted by Gasteiger charge is -2.19. The zero-order valence-corrected chi connectivity index (χ0v) is 28.3. The van der Waals surface area contributed by atoms with Crippen molar-refractivity contribution in [2.75, 3.05) is 0 Å². The molecular formula is C46H22N8. The molecule has 3 heterocycles. The van der Waals surface area contributed by atoms with E-state index in [0.29, 0.717) is 50.4 Å². The van der Waals surface area contributed by atoms with Crippen molar-refractivity contribution in [2.45, 2.75) is 0 Å². The minimum absolute atomic E-state index is 0.392. The molecule has 8 nitrogen and oxygen atoms in total. The molecule has 0 fully saturated rings. The van der Waals surface area contributed by atoms with E-state index in [9.17, 15) is 26.3 Å². The molecule has 0 unspecified atom stereocenters. The van der Waals surface area contributed by atoms with Crippen molar-refractivity contribution in [3.05, 3.63) is 161 Å². The molecule has 0 N–H and O–H groups in total. The van der Waals surface area contributed by atoms with Crippen LogP contribution in [0.3, 0.4) is 0 Å². The van der Waals surface area contributed by atoms with E-state index >= 15 is 0 Å². The number of nitriles is 5. The molecule has 9 aromatic rings. The molecule has 0 radical (unpaired) electrons. The van der Waals surface area contributed by atoms with Crippen LogP contribution in [0.5, 0.6) is 0 Å². The van der Waals surface area contributed by atoms with E-state index in [4.69, 9.17) is 4.98 Å². The van der Waals surface area contributed by atoms with Crippen LogP contribution in [0.1, 0.15) is 27.8 Å². The van der Waals surface area contributed by atoms with E-state index in [1.54, 1.807) is 24.3 Å². The molecule has 3 aromatic heterocycles. The normalized spacial score (nSPS) is 10.9. The largest absolute Gasteiger partial charge is 0.307 e. The van der Waals surface area contributed by atoms with E-state index in [-0.39, 0.29) is 0 Å². The van der Waals surface area contributed by atoms with Crippen molar-refractivity contribution in [2.24, 2.45) is 0 Å². The van der Waals surface area contributed by atoms with Crippen molar-refractivity contribution < 1.29 is 0 Å². The Hall–Kier alpha value is -8.48. The molecule has 6 aromatic carbocycles. The number of pyridine rings is 1. The maximum atomic E-state index is 10.8. The van der Waals surface area contributed by atoms with Crippen molar-refractivity contribution in [3.63, 3.8) is 0 Å². The molecule has 246 valence electrons. The van der Waals surface area contributed by atoms with Crippen LogP contribution in [0.4, 0.5) is 0 Å². The topological polar surface area (TPSA) is 142 Å². The zero-order chi connectivity index (χ0) is 36.9. The molecular weight excluding hydrogens is 665 g/mol. The number of fused-ring (bicyclic) bond motifs is 6. The van der Waals surface area contributed by atoms with Crippen LogP contribution >= 0.6 is 0 Å². The molecule has 8 heteroatoms. The third-order valence-electron chi connectivity index (χ3n) is 9.86. The van der Waals surface area contributed by atoms with E-state index in [2.05, 4.69) is 39.5 Å². The van der Waals surface area contributed by atoms with Crippen molar-refractivity contribution in [1.29, 1.82) is 26.3 Å². The average molecular weight is 687 g/mol. The molecule has 0 saturated heterocycles. The fourth-order valence-corrected chi connectivity index (χ4v) is 7.44. The molecule has 0 saturated carbocycles. The van der Waals surface area contributed by atoms with Gasteiger partial charge in [-0.25, -0.2) is 4.98 Å². The maximum Gasteiger partial charge on any atom is 0.0999 e. The smallest absolute Gasteiger partial charge is 0.0999 e. The van der Waals surface area contributed by atoms with Gasteiger partial charge in [-0.15, -0.1) is 0 Å². The summed E-state index contributed by atoms with van der Waals surface area (Å²) in [6.45, 7) is 0. The third-order valence-corrected chi connectivity index (χ3v) is 9.86. The number of aromatic nitrogens is 3. The van der Waals surface area contributed by atoms with E-state index < -0.39 is 0 Å². The van der Waals surface area contributed by atoms with Gasteiger partial charge in [-0.05, 0) is 97.1 Å². The predicted molar refractivity (Wildman–Crippen MR) is 207 cm³/mol. The lowest BCUT2D eigenvalue weighted by Crippen LogP contribution is -2.06. The molecule has 9 rings (SSSR count). The Bertz CT molecular complexity index is 3130. The average Bonchev–Trinajstić information content (AvgIpc) is 3.74. The van der Waals surface area contributed by atoms with Gasteiger partial charge < -0.3 is 9.13 Å². The monoisotopic (exact) mass is 686 g/mol. The fraction of sp³-hybridized carbons (Fsp3) is 0. The lowest BCUT2D eigenvalue weighted by atomic mass is 10.0. The first-order chi connectivity index (χ1) is 26.5. The first-order valence-corrected chi connectivity index (χ1v) is 16.9. The van der Waals surface area contributed by atoms with Crippen molar-refractivity contribution in [1.82, 2.24) is 14.1 Å². The van der Waals surface area contributed by atoms with Gasteiger partial charge in [0.1, 0.15) is 0 Å². The van der Waals surface area contributed by atoms with E-state index in [0.717, 1.165) is 54.9 Å². The van der Waals surface area contributed by atoms with Gasteiger partial charge in [0.05, 0.1) is 103 Å². The van der Waals surface area contributed by atoms with E-state index in [1.807, 2.05) is 109 Å². The standard InChI is InChI=1S/C46H22N8/c47-23-28-9-13-41-35(17-28)36-18-29(24-48)10-14-42(36)53(41)45-21-33(27-51)34(40-8-4-7-39(52-40)32-5-2-1-3-6-32)22-46(45)54-43-15-11-30(25-49)19-37(43)38-20-31(26-50)12-16-44(38)54/h1-22H. The summed E-state index contributed by atoms with van der Waals surface area (Å²) in [5.74, 6) is 0. The summed E-state index contributed by atoms with van der Waals surface area (Å²) in [6, 6.07) is 52.8. The second-order valence-corrected chi connectivity index (χ2v) is 12.8. The number of rotatable bonds is 4. The van der Waals surface area contributed by atoms with Gasteiger partial charge in [0, 0.05) is 32.7 Å². The molecule has 0 aliphatic carbocycles. The van der Waals surface area contributed by atoms with E-state index in [1.165, 1.54) is 0 Å². The second kappa shape index (κ2) is 12.4. The van der Waals surface area contributed by atoms with Crippen molar-refractivity contribution in [3.8, 4) is 64.2 Å². The highest BCUT2D eigenvalue weighted by molar-refractivity contribution is 6.12. The minimum atomic E-state index is 0.392. The summed E-state index contributed by atoms with van der Waals surface area (Å²) < 4.78 is 4.16. The summed E-state index contributed by atoms with van der Waals surface area (Å²) in [4.78, 5) is 5.04. The Morgan fingerprint density at radius 2 is 0.815 bits per heavy atom. The Morgan fingerprint density at radius 3 is 1.24 bits per heavy atom. The summed E-state index contributed by atoms with van der Waals surface area (Å²) in [5.41, 5.74) is 9.75. The van der Waals surface area contributed by atoms with Crippen LogP contribution in [0, 0.1) is 56.7 Å². The van der Waals surface area contributed by atoms with Crippen LogP contribution in [0.2, 0.25) is 0 Å². The number of benzene rings is 6. The highest BCUT2D eigenvalue weighted by Gasteiger charge is 2.23. The summed E-state index contributed by atoms with van der Waals surface area (Å²) in [6.07, 6.45) is 0. The Labute approximate surface area is 308 Å². The molecule has 0 amide bonds. The SMILES string of the molecule is N#Cc1ccc2c(c1)c1cc(C#N)ccc1n2-c1cc(C#N)c(-c2cccc(-c3ccccc3)n2)cc1-n1c2ccc(C#N)cc2c2cc(C#N)ccc21. The summed E-state index contributed by atoms with van der Waals surface area (Å²) >= 11 is 0. The molecule has 0 aliphatic heterocycles. The summed E-state index contributed by atoms with van der Waals surface area (Å²) in [7, 11) is 0. The Kier molecular flexibility index (Phi) is 7.22.